The van der Waals surface area contributed by atoms with Crippen molar-refractivity contribution in [3.05, 3.63) is 52.2 Å². The summed E-state index contributed by atoms with van der Waals surface area (Å²) in [6, 6.07) is 10.4. The summed E-state index contributed by atoms with van der Waals surface area (Å²) < 4.78 is 0. The summed E-state index contributed by atoms with van der Waals surface area (Å²) in [6.07, 6.45) is 4.14. The van der Waals surface area contributed by atoms with Crippen LogP contribution in [0, 0.1) is 5.92 Å². The molecule has 0 spiro atoms. The average molecular weight is 385 g/mol. The fourth-order valence-electron chi connectivity index (χ4n) is 3.17. The number of rotatable bonds is 7. The van der Waals surface area contributed by atoms with E-state index >= 15 is 0 Å². The molecule has 142 valence electrons. The van der Waals surface area contributed by atoms with Crippen molar-refractivity contribution in [1.29, 1.82) is 0 Å². The molecule has 0 radical (unpaired) electrons. The van der Waals surface area contributed by atoms with Crippen molar-refractivity contribution in [2.75, 3.05) is 18.4 Å². The molecule has 1 heterocycles. The third kappa shape index (κ3) is 5.17. The topological polar surface area (TPSA) is 87.3 Å². The molecule has 1 aliphatic carbocycles. The van der Waals surface area contributed by atoms with Crippen LogP contribution < -0.4 is 16.0 Å². The maximum absolute atomic E-state index is 12.5. The molecule has 0 atom stereocenters. The molecular formula is C20H23N3O3S. The van der Waals surface area contributed by atoms with Gasteiger partial charge in [0.15, 0.2) is 0 Å². The third-order valence-corrected chi connectivity index (χ3v) is 5.47. The Labute approximate surface area is 162 Å². The number of anilines is 1. The molecule has 0 unspecified atom stereocenters. The van der Waals surface area contributed by atoms with Crippen LogP contribution in [-0.4, -0.2) is 30.8 Å². The highest BCUT2D eigenvalue weighted by Crippen LogP contribution is 2.24. The monoisotopic (exact) mass is 385 g/mol. The number of amides is 3. The zero-order valence-electron chi connectivity index (χ0n) is 15.0. The van der Waals surface area contributed by atoms with E-state index in [4.69, 9.17) is 0 Å². The maximum atomic E-state index is 12.5. The molecule has 27 heavy (non-hydrogen) atoms. The molecule has 1 aromatic heterocycles. The summed E-state index contributed by atoms with van der Waals surface area (Å²) in [6.45, 7) is 0.731. The van der Waals surface area contributed by atoms with Crippen LogP contribution in [0.5, 0.6) is 0 Å². The van der Waals surface area contributed by atoms with E-state index in [2.05, 4.69) is 16.0 Å². The van der Waals surface area contributed by atoms with Crippen LogP contribution in [0.2, 0.25) is 0 Å². The number of carbonyl (C=O) groups is 3. The summed E-state index contributed by atoms with van der Waals surface area (Å²) in [5.41, 5.74) is 0.855. The normalized spacial score (nSPS) is 13.9. The minimum absolute atomic E-state index is 0.0744. The fraction of sp³-hybridized carbons (Fsp3) is 0.350. The van der Waals surface area contributed by atoms with Gasteiger partial charge in [-0.05, 0) is 36.4 Å². The average Bonchev–Trinajstić information content (AvgIpc) is 3.39. The van der Waals surface area contributed by atoms with Gasteiger partial charge >= 0.3 is 0 Å². The highest BCUT2D eigenvalue weighted by Gasteiger charge is 2.22. The predicted molar refractivity (Wildman–Crippen MR) is 106 cm³/mol. The van der Waals surface area contributed by atoms with Gasteiger partial charge in [-0.2, -0.15) is 0 Å². The van der Waals surface area contributed by atoms with Crippen LogP contribution in [0.1, 0.15) is 45.7 Å². The number of nitrogens with one attached hydrogen (secondary N) is 3. The first-order chi connectivity index (χ1) is 13.1. The first kappa shape index (κ1) is 19.1. The van der Waals surface area contributed by atoms with Gasteiger partial charge in [0, 0.05) is 19.0 Å². The third-order valence-electron chi connectivity index (χ3n) is 4.60. The molecule has 0 aliphatic heterocycles. The molecule has 1 saturated carbocycles. The SMILES string of the molecule is O=C(Nc1ccccc1C(=O)NCCNC(=O)C1CCCC1)c1cccs1. The zero-order chi connectivity index (χ0) is 19.1. The number of hydrogen-bond donors (Lipinski definition) is 3. The van der Waals surface area contributed by atoms with Crippen molar-refractivity contribution in [2.24, 2.45) is 5.92 Å². The summed E-state index contributed by atoms with van der Waals surface area (Å²) in [4.78, 5) is 37.3. The summed E-state index contributed by atoms with van der Waals surface area (Å²) in [5, 5.41) is 10.3. The Morgan fingerprint density at radius 1 is 0.926 bits per heavy atom. The van der Waals surface area contributed by atoms with Crippen molar-refractivity contribution >= 4 is 34.7 Å². The summed E-state index contributed by atoms with van der Waals surface area (Å²) in [5.74, 6) is -0.333. The Hall–Kier alpha value is -2.67. The van der Waals surface area contributed by atoms with Gasteiger partial charge in [0.25, 0.3) is 11.8 Å². The Morgan fingerprint density at radius 3 is 2.41 bits per heavy atom. The minimum atomic E-state index is -0.285. The van der Waals surface area contributed by atoms with Gasteiger partial charge in [-0.25, -0.2) is 0 Å². The van der Waals surface area contributed by atoms with Crippen LogP contribution in [0.25, 0.3) is 0 Å². The van der Waals surface area contributed by atoms with E-state index in [0.29, 0.717) is 29.2 Å². The van der Waals surface area contributed by atoms with E-state index in [-0.39, 0.29) is 23.6 Å². The second-order valence-electron chi connectivity index (χ2n) is 6.51. The molecule has 2 aromatic rings. The van der Waals surface area contributed by atoms with Crippen molar-refractivity contribution in [1.82, 2.24) is 10.6 Å². The van der Waals surface area contributed by atoms with Crippen LogP contribution >= 0.6 is 11.3 Å². The summed E-state index contributed by atoms with van der Waals surface area (Å²) in [7, 11) is 0. The standard InChI is InChI=1S/C20H23N3O3S/c24-18(14-6-1-2-7-14)21-11-12-22-19(25)15-8-3-4-9-16(15)23-20(26)17-10-5-13-27-17/h3-5,8-10,13-14H,1-2,6-7,11-12H2,(H,21,24)(H,22,25)(H,23,26). The van der Waals surface area contributed by atoms with Crippen LogP contribution in [0.4, 0.5) is 5.69 Å². The molecule has 1 aliphatic rings. The van der Waals surface area contributed by atoms with Gasteiger partial charge in [-0.1, -0.05) is 31.0 Å². The number of benzene rings is 1. The predicted octanol–water partition coefficient (Wildman–Crippen LogP) is 3.04. The molecule has 3 rings (SSSR count). The number of para-hydroxylation sites is 1. The molecule has 0 bridgehead atoms. The van der Waals surface area contributed by atoms with Crippen molar-refractivity contribution in [3.63, 3.8) is 0 Å². The molecular weight excluding hydrogens is 362 g/mol. The highest BCUT2D eigenvalue weighted by atomic mass is 32.1. The molecule has 0 saturated heterocycles. The fourth-order valence-corrected chi connectivity index (χ4v) is 3.79. The minimum Gasteiger partial charge on any atom is -0.354 e. The van der Waals surface area contributed by atoms with Gasteiger partial charge in [-0.15, -0.1) is 11.3 Å². The van der Waals surface area contributed by atoms with Crippen molar-refractivity contribution in [3.8, 4) is 0 Å². The van der Waals surface area contributed by atoms with Gasteiger partial charge in [0.2, 0.25) is 5.91 Å². The Morgan fingerprint density at radius 2 is 1.67 bits per heavy atom. The number of hydrogen-bond acceptors (Lipinski definition) is 4. The van der Waals surface area contributed by atoms with E-state index in [1.54, 1.807) is 36.4 Å². The van der Waals surface area contributed by atoms with Crippen LogP contribution in [0.3, 0.4) is 0 Å². The highest BCUT2D eigenvalue weighted by molar-refractivity contribution is 7.12. The van der Waals surface area contributed by atoms with Gasteiger partial charge < -0.3 is 16.0 Å². The lowest BCUT2D eigenvalue weighted by atomic mass is 10.1. The van der Waals surface area contributed by atoms with E-state index in [1.807, 2.05) is 5.38 Å². The van der Waals surface area contributed by atoms with E-state index in [0.717, 1.165) is 25.7 Å². The van der Waals surface area contributed by atoms with E-state index in [9.17, 15) is 14.4 Å². The molecule has 3 N–H and O–H groups in total. The number of carbonyl (C=O) groups excluding carboxylic acids is 3. The Kier molecular flexibility index (Phi) is 6.59. The molecule has 1 fully saturated rings. The first-order valence-electron chi connectivity index (χ1n) is 9.15. The quantitative estimate of drug-likeness (QED) is 0.640. The zero-order valence-corrected chi connectivity index (χ0v) is 15.8. The van der Waals surface area contributed by atoms with Gasteiger partial charge in [0.05, 0.1) is 16.1 Å². The first-order valence-corrected chi connectivity index (χ1v) is 10.0. The maximum Gasteiger partial charge on any atom is 0.265 e. The van der Waals surface area contributed by atoms with Crippen molar-refractivity contribution < 1.29 is 14.4 Å². The molecule has 7 heteroatoms. The number of thiophene rings is 1. The second kappa shape index (κ2) is 9.32. The second-order valence-corrected chi connectivity index (χ2v) is 7.45. The van der Waals surface area contributed by atoms with Crippen molar-refractivity contribution in [2.45, 2.75) is 25.7 Å². The molecule has 3 amide bonds. The van der Waals surface area contributed by atoms with Crippen LogP contribution in [-0.2, 0) is 4.79 Å². The lowest BCUT2D eigenvalue weighted by Gasteiger charge is -2.12. The molecule has 1 aromatic carbocycles. The molecule has 6 nitrogen and oxygen atoms in total. The largest absolute Gasteiger partial charge is 0.354 e. The Balaban J connectivity index is 1.50. The van der Waals surface area contributed by atoms with E-state index in [1.165, 1.54) is 11.3 Å². The Bertz CT molecular complexity index is 799. The smallest absolute Gasteiger partial charge is 0.265 e. The van der Waals surface area contributed by atoms with Gasteiger partial charge in [0.1, 0.15) is 0 Å². The lowest BCUT2D eigenvalue weighted by Crippen LogP contribution is -2.37. The van der Waals surface area contributed by atoms with Gasteiger partial charge in [-0.3, -0.25) is 14.4 Å². The van der Waals surface area contributed by atoms with Crippen LogP contribution in [0.15, 0.2) is 41.8 Å². The van der Waals surface area contributed by atoms with E-state index < -0.39 is 0 Å². The summed E-state index contributed by atoms with van der Waals surface area (Å²) >= 11 is 1.34. The lowest BCUT2D eigenvalue weighted by molar-refractivity contribution is -0.124.